The van der Waals surface area contributed by atoms with Gasteiger partial charge in [0.1, 0.15) is 6.54 Å². The number of nitrogens with one attached hydrogen (secondary N) is 1. The average molecular weight is 282 g/mol. The molecule has 1 amide bonds. The second-order valence-corrected chi connectivity index (χ2v) is 4.62. The normalized spacial score (nSPS) is 10.5. The van der Waals surface area contributed by atoms with Crippen molar-refractivity contribution in [2.45, 2.75) is 6.54 Å². The number of carbonyl (C=O) groups excluding carboxylic acids is 1. The smallest absolute Gasteiger partial charge is 0.247 e. The van der Waals surface area contributed by atoms with Gasteiger partial charge in [0, 0.05) is 18.8 Å². The predicted molar refractivity (Wildman–Crippen MR) is 77.3 cm³/mol. The molecule has 0 saturated heterocycles. The summed E-state index contributed by atoms with van der Waals surface area (Å²) in [6.07, 6.45) is 5.22. The molecule has 1 aromatic carbocycles. The maximum Gasteiger partial charge on any atom is 0.247 e. The molecule has 0 aliphatic rings. The van der Waals surface area contributed by atoms with Crippen molar-refractivity contribution in [1.82, 2.24) is 24.8 Å². The van der Waals surface area contributed by atoms with Gasteiger partial charge in [0.25, 0.3) is 0 Å². The van der Waals surface area contributed by atoms with Crippen LogP contribution in [0.5, 0.6) is 0 Å². The van der Waals surface area contributed by atoms with E-state index >= 15 is 0 Å². The highest BCUT2D eigenvalue weighted by atomic mass is 16.2. The van der Waals surface area contributed by atoms with Crippen molar-refractivity contribution in [3.05, 3.63) is 48.9 Å². The average Bonchev–Trinajstić information content (AvgIpc) is 3.09. The molecule has 3 rings (SSSR count). The first-order valence-electron chi connectivity index (χ1n) is 6.45. The third kappa shape index (κ3) is 3.14. The van der Waals surface area contributed by atoms with Gasteiger partial charge in [-0.05, 0) is 5.56 Å². The molecule has 2 heterocycles. The largest absolute Gasteiger partial charge is 0.306 e. The minimum atomic E-state index is -0.196. The molecule has 2 aromatic heterocycles. The fourth-order valence-corrected chi connectivity index (χ4v) is 1.96. The summed E-state index contributed by atoms with van der Waals surface area (Å²) in [4.78, 5) is 11.9. The zero-order valence-corrected chi connectivity index (χ0v) is 11.5. The Morgan fingerprint density at radius 1 is 1.19 bits per heavy atom. The lowest BCUT2D eigenvalue weighted by Gasteiger charge is -2.01. The zero-order chi connectivity index (χ0) is 14.7. The summed E-state index contributed by atoms with van der Waals surface area (Å²) >= 11 is 0. The third-order valence-electron chi connectivity index (χ3n) is 2.92. The first-order valence-corrected chi connectivity index (χ1v) is 6.45. The molecule has 7 heteroatoms. The lowest BCUT2D eigenvalue weighted by atomic mass is 10.1. The van der Waals surface area contributed by atoms with Crippen LogP contribution >= 0.6 is 0 Å². The Kier molecular flexibility index (Phi) is 3.46. The van der Waals surface area contributed by atoms with E-state index in [9.17, 15) is 4.79 Å². The van der Waals surface area contributed by atoms with Crippen LogP contribution in [0.3, 0.4) is 0 Å². The Morgan fingerprint density at radius 2 is 2.00 bits per heavy atom. The van der Waals surface area contributed by atoms with Crippen molar-refractivity contribution in [1.29, 1.82) is 0 Å². The minimum absolute atomic E-state index is 0.128. The molecule has 106 valence electrons. The van der Waals surface area contributed by atoms with Gasteiger partial charge in [0.05, 0.1) is 12.4 Å². The van der Waals surface area contributed by atoms with Crippen LogP contribution in [0.4, 0.5) is 5.82 Å². The van der Waals surface area contributed by atoms with Crippen LogP contribution < -0.4 is 5.32 Å². The number of benzene rings is 1. The molecule has 1 N–H and O–H groups in total. The Morgan fingerprint density at radius 3 is 2.71 bits per heavy atom. The molecule has 0 unspecified atom stereocenters. The number of carbonyl (C=O) groups is 1. The molecule has 0 aliphatic carbocycles. The highest BCUT2D eigenvalue weighted by molar-refractivity contribution is 5.89. The van der Waals surface area contributed by atoms with Gasteiger partial charge in [-0.15, -0.1) is 5.10 Å². The van der Waals surface area contributed by atoms with E-state index in [2.05, 4.69) is 20.7 Å². The number of amides is 1. The number of anilines is 1. The number of hydrogen-bond donors (Lipinski definition) is 1. The second kappa shape index (κ2) is 5.58. The first-order chi connectivity index (χ1) is 10.2. The molecule has 0 fully saturated rings. The fourth-order valence-electron chi connectivity index (χ4n) is 1.96. The van der Waals surface area contributed by atoms with Crippen molar-refractivity contribution in [2.24, 2.45) is 7.05 Å². The first kappa shape index (κ1) is 13.0. The van der Waals surface area contributed by atoms with Gasteiger partial charge < -0.3 is 5.32 Å². The molecule has 0 radical (unpaired) electrons. The highest BCUT2D eigenvalue weighted by Crippen LogP contribution is 2.17. The van der Waals surface area contributed by atoms with Gasteiger partial charge in [0.2, 0.25) is 5.91 Å². The second-order valence-electron chi connectivity index (χ2n) is 4.62. The van der Waals surface area contributed by atoms with E-state index < -0.39 is 0 Å². The molecule has 0 atom stereocenters. The lowest BCUT2D eigenvalue weighted by Crippen LogP contribution is -2.19. The Hall–Kier alpha value is -2.96. The SMILES string of the molecule is Cn1cc(NC(=O)Cn2cc(-c3ccccc3)cn2)nn1. The Bertz CT molecular complexity index is 746. The fraction of sp³-hybridized carbons (Fsp3) is 0.143. The van der Waals surface area contributed by atoms with Gasteiger partial charge >= 0.3 is 0 Å². The molecule has 7 nitrogen and oxygen atoms in total. The summed E-state index contributed by atoms with van der Waals surface area (Å²) in [6, 6.07) is 9.89. The van der Waals surface area contributed by atoms with Crippen LogP contribution in [-0.4, -0.2) is 30.7 Å². The van der Waals surface area contributed by atoms with Gasteiger partial charge in [-0.1, -0.05) is 35.5 Å². The number of aromatic nitrogens is 5. The number of hydrogen-bond acceptors (Lipinski definition) is 4. The number of aryl methyl sites for hydroxylation is 1. The number of rotatable bonds is 4. The van der Waals surface area contributed by atoms with Gasteiger partial charge in [-0.25, -0.2) is 0 Å². The molecule has 3 aromatic rings. The van der Waals surface area contributed by atoms with Crippen LogP contribution in [0, 0.1) is 0 Å². The predicted octanol–water partition coefficient (Wildman–Crippen LogP) is 1.32. The van der Waals surface area contributed by atoms with Crippen molar-refractivity contribution >= 4 is 11.7 Å². The van der Waals surface area contributed by atoms with Crippen LogP contribution in [0.2, 0.25) is 0 Å². The Labute approximate surface area is 121 Å². The standard InChI is InChI=1S/C14H14N6O/c1-19-9-13(17-18-19)16-14(21)10-20-8-12(7-15-20)11-5-3-2-4-6-11/h2-9H,10H2,1H3,(H,16,21). The van der Waals surface area contributed by atoms with E-state index in [0.717, 1.165) is 11.1 Å². The van der Waals surface area contributed by atoms with Crippen LogP contribution in [0.15, 0.2) is 48.9 Å². The molecule has 21 heavy (non-hydrogen) atoms. The summed E-state index contributed by atoms with van der Waals surface area (Å²) < 4.78 is 3.12. The van der Waals surface area contributed by atoms with E-state index in [1.165, 1.54) is 4.68 Å². The van der Waals surface area contributed by atoms with Crippen molar-refractivity contribution in [3.8, 4) is 11.1 Å². The van der Waals surface area contributed by atoms with E-state index in [4.69, 9.17) is 0 Å². The van der Waals surface area contributed by atoms with Crippen LogP contribution in [0.25, 0.3) is 11.1 Å². The summed E-state index contributed by atoms with van der Waals surface area (Å²) in [5.41, 5.74) is 2.04. The van der Waals surface area contributed by atoms with Crippen molar-refractivity contribution in [2.75, 3.05) is 5.32 Å². The quantitative estimate of drug-likeness (QED) is 0.782. The summed E-state index contributed by atoms with van der Waals surface area (Å²) in [5.74, 6) is 0.233. The van der Waals surface area contributed by atoms with Gasteiger partial charge in [-0.2, -0.15) is 5.10 Å². The molecular weight excluding hydrogens is 268 g/mol. The molecule has 0 spiro atoms. The van der Waals surface area contributed by atoms with Crippen LogP contribution in [0.1, 0.15) is 0 Å². The van der Waals surface area contributed by atoms with E-state index in [1.54, 1.807) is 24.1 Å². The summed E-state index contributed by atoms with van der Waals surface area (Å²) in [5, 5.41) is 14.4. The van der Waals surface area contributed by atoms with E-state index in [0.29, 0.717) is 5.82 Å². The van der Waals surface area contributed by atoms with Crippen molar-refractivity contribution in [3.63, 3.8) is 0 Å². The van der Waals surface area contributed by atoms with E-state index in [1.807, 2.05) is 36.5 Å². The molecule has 0 aliphatic heterocycles. The maximum absolute atomic E-state index is 11.9. The summed E-state index contributed by atoms with van der Waals surface area (Å²) in [6.45, 7) is 0.128. The van der Waals surface area contributed by atoms with Gasteiger partial charge in [0.15, 0.2) is 5.82 Å². The van der Waals surface area contributed by atoms with E-state index in [-0.39, 0.29) is 12.5 Å². The van der Waals surface area contributed by atoms with Crippen molar-refractivity contribution < 1.29 is 4.79 Å². The van der Waals surface area contributed by atoms with Crippen LogP contribution in [-0.2, 0) is 18.4 Å². The molecule has 0 bridgehead atoms. The summed E-state index contributed by atoms with van der Waals surface area (Å²) in [7, 11) is 1.74. The zero-order valence-electron chi connectivity index (χ0n) is 11.5. The molecular formula is C14H14N6O. The highest BCUT2D eigenvalue weighted by Gasteiger charge is 2.08. The lowest BCUT2D eigenvalue weighted by molar-refractivity contribution is -0.116. The maximum atomic E-state index is 11.9. The molecule has 0 saturated carbocycles. The Balaban J connectivity index is 1.66. The van der Waals surface area contributed by atoms with Gasteiger partial charge in [-0.3, -0.25) is 14.2 Å². The monoisotopic (exact) mass is 282 g/mol. The number of nitrogens with zero attached hydrogens (tertiary/aromatic N) is 5. The minimum Gasteiger partial charge on any atom is -0.306 e. The third-order valence-corrected chi connectivity index (χ3v) is 2.92. The topological polar surface area (TPSA) is 77.6 Å².